The molecule has 0 heterocycles. The molecule has 2 rings (SSSR count). The minimum absolute atomic E-state index is 0.214. The molecule has 4 heteroatoms. The number of hydrogen-bond donors (Lipinski definition) is 1. The Labute approximate surface area is 112 Å². The van der Waals surface area contributed by atoms with Crippen LogP contribution < -0.4 is 10.5 Å². The number of ether oxygens (including phenoxy) is 1. The molecule has 1 aromatic carbocycles. The summed E-state index contributed by atoms with van der Waals surface area (Å²) < 4.78 is 5.79. The monoisotopic (exact) mass is 273 g/mol. The Hall–Kier alpha value is -0.440. The Morgan fingerprint density at radius 2 is 2.06 bits per heavy atom. The molecule has 17 heavy (non-hydrogen) atoms. The molecule has 2 N–H and O–H groups in total. The van der Waals surface area contributed by atoms with Gasteiger partial charge in [-0.2, -0.15) is 0 Å². The van der Waals surface area contributed by atoms with Crippen molar-refractivity contribution in [2.24, 2.45) is 11.7 Å². The lowest BCUT2D eigenvalue weighted by atomic mass is 10.1. The molecule has 2 atom stereocenters. The lowest BCUT2D eigenvalue weighted by Gasteiger charge is -2.15. The predicted molar refractivity (Wildman–Crippen MR) is 72.1 cm³/mol. The first-order chi connectivity index (χ1) is 7.99. The Morgan fingerprint density at radius 1 is 1.41 bits per heavy atom. The number of benzene rings is 1. The Balaban J connectivity index is 2.27. The highest BCUT2D eigenvalue weighted by molar-refractivity contribution is 6.35. The van der Waals surface area contributed by atoms with Gasteiger partial charge in [0.15, 0.2) is 0 Å². The van der Waals surface area contributed by atoms with Gasteiger partial charge >= 0.3 is 0 Å². The lowest BCUT2D eigenvalue weighted by Crippen LogP contribution is -2.08. The normalized spacial score (nSPS) is 22.9. The van der Waals surface area contributed by atoms with E-state index in [1.165, 1.54) is 0 Å². The van der Waals surface area contributed by atoms with Crippen LogP contribution in [0.25, 0.3) is 0 Å². The third kappa shape index (κ3) is 3.06. The molecular weight excluding hydrogens is 257 g/mol. The second-order valence-electron chi connectivity index (χ2n) is 5.02. The summed E-state index contributed by atoms with van der Waals surface area (Å²) in [7, 11) is 0. The van der Waals surface area contributed by atoms with E-state index in [-0.39, 0.29) is 6.04 Å². The van der Waals surface area contributed by atoms with Crippen LogP contribution in [-0.4, -0.2) is 12.6 Å². The Bertz CT molecular complexity index is 420. The molecule has 2 unspecified atom stereocenters. The molecule has 0 spiro atoms. The van der Waals surface area contributed by atoms with E-state index < -0.39 is 0 Å². The van der Waals surface area contributed by atoms with Crippen molar-refractivity contribution in [2.45, 2.75) is 32.2 Å². The van der Waals surface area contributed by atoms with E-state index in [9.17, 15) is 0 Å². The van der Waals surface area contributed by atoms with Crippen molar-refractivity contribution in [3.8, 4) is 5.75 Å². The molecule has 1 aromatic rings. The van der Waals surface area contributed by atoms with Crippen molar-refractivity contribution >= 4 is 23.2 Å². The highest BCUT2D eigenvalue weighted by Gasteiger charge is 2.37. The summed E-state index contributed by atoms with van der Waals surface area (Å²) in [6, 6.07) is 3.85. The standard InChI is InChI=1S/C13H17Cl2NO/c1-7(2)6-17-13-10(9-5-12(9)16)3-8(14)4-11(13)15/h3-4,7,9,12H,5-6,16H2,1-2H3. The Kier molecular flexibility index (Phi) is 3.86. The summed E-state index contributed by atoms with van der Waals surface area (Å²) in [6.07, 6.45) is 0.981. The minimum atomic E-state index is 0.214. The van der Waals surface area contributed by atoms with Gasteiger partial charge in [0.2, 0.25) is 0 Å². The van der Waals surface area contributed by atoms with Crippen molar-refractivity contribution in [3.05, 3.63) is 27.7 Å². The molecule has 0 bridgehead atoms. The molecule has 0 aliphatic heterocycles. The zero-order valence-corrected chi connectivity index (χ0v) is 11.6. The van der Waals surface area contributed by atoms with Gasteiger partial charge in [-0.1, -0.05) is 37.0 Å². The zero-order valence-electron chi connectivity index (χ0n) is 10.0. The first-order valence-corrected chi connectivity index (χ1v) is 6.62. The van der Waals surface area contributed by atoms with Gasteiger partial charge in [-0.3, -0.25) is 0 Å². The predicted octanol–water partition coefficient (Wildman–Crippen LogP) is 3.84. The molecular formula is C13H17Cl2NO. The smallest absolute Gasteiger partial charge is 0.141 e. The highest BCUT2D eigenvalue weighted by Crippen LogP contribution is 2.47. The van der Waals surface area contributed by atoms with Crippen molar-refractivity contribution in [3.63, 3.8) is 0 Å². The second kappa shape index (κ2) is 5.05. The molecule has 1 aliphatic rings. The minimum Gasteiger partial charge on any atom is -0.491 e. The van der Waals surface area contributed by atoms with E-state index in [2.05, 4.69) is 13.8 Å². The summed E-state index contributed by atoms with van der Waals surface area (Å²) in [5, 5.41) is 1.22. The van der Waals surface area contributed by atoms with Crippen molar-refractivity contribution in [2.75, 3.05) is 6.61 Å². The van der Waals surface area contributed by atoms with Gasteiger partial charge in [-0.05, 0) is 24.5 Å². The third-order valence-electron chi connectivity index (χ3n) is 2.84. The molecule has 94 valence electrons. The summed E-state index contributed by atoms with van der Waals surface area (Å²) >= 11 is 12.2. The number of nitrogens with two attached hydrogens (primary N) is 1. The van der Waals surface area contributed by atoms with Gasteiger partial charge in [0.05, 0.1) is 11.6 Å². The summed E-state index contributed by atoms with van der Waals surface area (Å²) in [4.78, 5) is 0. The van der Waals surface area contributed by atoms with E-state index in [0.29, 0.717) is 28.5 Å². The van der Waals surface area contributed by atoms with Crippen LogP contribution in [-0.2, 0) is 0 Å². The van der Waals surface area contributed by atoms with Crippen LogP contribution in [0.1, 0.15) is 31.7 Å². The van der Waals surface area contributed by atoms with Crippen LogP contribution in [0.4, 0.5) is 0 Å². The SMILES string of the molecule is CC(C)COc1c(Cl)cc(Cl)cc1C1CC1N. The molecule has 0 saturated heterocycles. The van der Waals surface area contributed by atoms with Crippen LogP contribution in [0.2, 0.25) is 10.0 Å². The highest BCUT2D eigenvalue weighted by atomic mass is 35.5. The molecule has 1 saturated carbocycles. The number of rotatable bonds is 4. The van der Waals surface area contributed by atoms with E-state index in [4.69, 9.17) is 33.7 Å². The van der Waals surface area contributed by atoms with Crippen LogP contribution in [0, 0.1) is 5.92 Å². The van der Waals surface area contributed by atoms with Crippen molar-refractivity contribution in [1.82, 2.24) is 0 Å². The molecule has 2 nitrogen and oxygen atoms in total. The van der Waals surface area contributed by atoms with Crippen LogP contribution in [0.5, 0.6) is 5.75 Å². The molecule has 1 aliphatic carbocycles. The summed E-state index contributed by atoms with van der Waals surface area (Å²) in [5.41, 5.74) is 6.93. The summed E-state index contributed by atoms with van der Waals surface area (Å²) in [5.74, 6) is 1.55. The van der Waals surface area contributed by atoms with Gasteiger partial charge in [0.25, 0.3) is 0 Å². The molecule has 0 aromatic heterocycles. The second-order valence-corrected chi connectivity index (χ2v) is 5.86. The fourth-order valence-electron chi connectivity index (χ4n) is 1.83. The first kappa shape index (κ1) is 13.0. The van der Waals surface area contributed by atoms with Crippen molar-refractivity contribution in [1.29, 1.82) is 0 Å². The van der Waals surface area contributed by atoms with Crippen LogP contribution >= 0.6 is 23.2 Å². The lowest BCUT2D eigenvalue weighted by molar-refractivity contribution is 0.268. The van der Waals surface area contributed by atoms with Gasteiger partial charge in [-0.25, -0.2) is 0 Å². The van der Waals surface area contributed by atoms with E-state index in [0.717, 1.165) is 17.7 Å². The van der Waals surface area contributed by atoms with Crippen molar-refractivity contribution < 1.29 is 4.74 Å². The average molecular weight is 274 g/mol. The molecule has 0 radical (unpaired) electrons. The van der Waals surface area contributed by atoms with E-state index >= 15 is 0 Å². The largest absolute Gasteiger partial charge is 0.491 e. The average Bonchev–Trinajstić information content (AvgIpc) is 2.92. The van der Waals surface area contributed by atoms with E-state index in [1.54, 1.807) is 6.07 Å². The maximum Gasteiger partial charge on any atom is 0.141 e. The van der Waals surface area contributed by atoms with Crippen LogP contribution in [0.15, 0.2) is 12.1 Å². The summed E-state index contributed by atoms with van der Waals surface area (Å²) in [6.45, 7) is 4.86. The fraction of sp³-hybridized carbons (Fsp3) is 0.538. The van der Waals surface area contributed by atoms with Crippen LogP contribution in [0.3, 0.4) is 0 Å². The molecule has 1 fully saturated rings. The van der Waals surface area contributed by atoms with E-state index in [1.807, 2.05) is 6.07 Å². The maximum atomic E-state index is 6.19. The first-order valence-electron chi connectivity index (χ1n) is 5.86. The van der Waals surface area contributed by atoms with Gasteiger partial charge in [0, 0.05) is 22.5 Å². The number of halogens is 2. The third-order valence-corrected chi connectivity index (χ3v) is 3.34. The maximum absolute atomic E-state index is 6.19. The Morgan fingerprint density at radius 3 is 2.59 bits per heavy atom. The number of hydrogen-bond acceptors (Lipinski definition) is 2. The van der Waals surface area contributed by atoms with Gasteiger partial charge < -0.3 is 10.5 Å². The fourth-order valence-corrected chi connectivity index (χ4v) is 2.39. The van der Waals surface area contributed by atoms with Gasteiger partial charge in [-0.15, -0.1) is 0 Å². The quantitative estimate of drug-likeness (QED) is 0.905. The molecule has 0 amide bonds. The zero-order chi connectivity index (χ0) is 12.6. The van der Waals surface area contributed by atoms with Gasteiger partial charge in [0.1, 0.15) is 5.75 Å². The topological polar surface area (TPSA) is 35.2 Å².